The van der Waals surface area contributed by atoms with Crippen molar-refractivity contribution in [1.82, 2.24) is 4.31 Å². The molecule has 0 spiro atoms. The van der Waals surface area contributed by atoms with Gasteiger partial charge in [-0.1, -0.05) is 6.07 Å². The first kappa shape index (κ1) is 15.2. The van der Waals surface area contributed by atoms with E-state index >= 15 is 0 Å². The maximum absolute atomic E-state index is 12.5. The third kappa shape index (κ3) is 3.12. The standard InChI is InChI=1S/C13H15BrN2O3S/c1-16(9-11-3-2-6-19-11)20(17,18)13-5-4-10(8-15)7-12(13)14/h2-7H,8-9,15H2,1H3. The van der Waals surface area contributed by atoms with E-state index in [-0.39, 0.29) is 11.4 Å². The van der Waals surface area contributed by atoms with Crippen LogP contribution in [0.5, 0.6) is 0 Å². The molecule has 2 rings (SSSR count). The van der Waals surface area contributed by atoms with E-state index in [1.54, 1.807) is 30.3 Å². The molecule has 7 heteroatoms. The van der Waals surface area contributed by atoms with Crippen LogP contribution in [0.15, 0.2) is 50.4 Å². The summed E-state index contributed by atoms with van der Waals surface area (Å²) in [6, 6.07) is 8.44. The number of hydrogen-bond acceptors (Lipinski definition) is 4. The maximum Gasteiger partial charge on any atom is 0.244 e. The Balaban J connectivity index is 2.30. The zero-order chi connectivity index (χ0) is 14.8. The van der Waals surface area contributed by atoms with Gasteiger partial charge in [-0.3, -0.25) is 0 Å². The van der Waals surface area contributed by atoms with Gasteiger partial charge in [0.15, 0.2) is 0 Å². The quantitative estimate of drug-likeness (QED) is 0.889. The second-order valence-corrected chi connectivity index (χ2v) is 7.18. The molecule has 108 valence electrons. The molecule has 0 aliphatic heterocycles. The fourth-order valence-electron chi connectivity index (χ4n) is 1.76. The number of benzene rings is 1. The highest BCUT2D eigenvalue weighted by Gasteiger charge is 2.24. The largest absolute Gasteiger partial charge is 0.468 e. The van der Waals surface area contributed by atoms with Gasteiger partial charge in [0.1, 0.15) is 5.76 Å². The minimum atomic E-state index is -3.59. The summed E-state index contributed by atoms with van der Waals surface area (Å²) in [7, 11) is -2.07. The molecule has 0 saturated carbocycles. The molecule has 0 aliphatic carbocycles. The Bertz CT molecular complexity index is 684. The van der Waals surface area contributed by atoms with Crippen LogP contribution >= 0.6 is 15.9 Å². The molecule has 20 heavy (non-hydrogen) atoms. The number of halogens is 1. The van der Waals surface area contributed by atoms with Crippen molar-refractivity contribution in [3.05, 3.63) is 52.4 Å². The number of rotatable bonds is 5. The van der Waals surface area contributed by atoms with Gasteiger partial charge in [0.2, 0.25) is 10.0 Å². The highest BCUT2D eigenvalue weighted by atomic mass is 79.9. The van der Waals surface area contributed by atoms with Gasteiger partial charge in [0.05, 0.1) is 17.7 Å². The summed E-state index contributed by atoms with van der Waals surface area (Å²) in [6.07, 6.45) is 1.52. The van der Waals surface area contributed by atoms with Crippen molar-refractivity contribution in [1.29, 1.82) is 0 Å². The zero-order valence-electron chi connectivity index (χ0n) is 10.9. The Morgan fingerprint density at radius 1 is 1.35 bits per heavy atom. The third-order valence-corrected chi connectivity index (χ3v) is 5.66. The molecule has 1 heterocycles. The Morgan fingerprint density at radius 3 is 2.65 bits per heavy atom. The summed E-state index contributed by atoms with van der Waals surface area (Å²) in [4.78, 5) is 0.212. The highest BCUT2D eigenvalue weighted by molar-refractivity contribution is 9.10. The molecule has 1 aromatic carbocycles. The van der Waals surface area contributed by atoms with Crippen molar-refractivity contribution in [3.63, 3.8) is 0 Å². The molecule has 1 aromatic heterocycles. The zero-order valence-corrected chi connectivity index (χ0v) is 13.3. The van der Waals surface area contributed by atoms with Gasteiger partial charge in [-0.2, -0.15) is 4.31 Å². The summed E-state index contributed by atoms with van der Waals surface area (Å²) >= 11 is 3.29. The first-order valence-corrected chi connectivity index (χ1v) is 8.15. The molecule has 0 fully saturated rings. The monoisotopic (exact) mass is 358 g/mol. The second kappa shape index (κ2) is 6.09. The molecule has 0 aliphatic rings. The van der Waals surface area contributed by atoms with E-state index in [9.17, 15) is 8.42 Å². The number of furan rings is 1. The molecular weight excluding hydrogens is 344 g/mol. The second-order valence-electron chi connectivity index (χ2n) is 4.31. The maximum atomic E-state index is 12.5. The van der Waals surface area contributed by atoms with Crippen LogP contribution in [-0.4, -0.2) is 19.8 Å². The van der Waals surface area contributed by atoms with Crippen LogP contribution in [0, 0.1) is 0 Å². The fraction of sp³-hybridized carbons (Fsp3) is 0.231. The molecule has 0 radical (unpaired) electrons. The molecule has 2 N–H and O–H groups in total. The summed E-state index contributed by atoms with van der Waals surface area (Å²) < 4.78 is 31.9. The molecule has 5 nitrogen and oxygen atoms in total. The van der Waals surface area contributed by atoms with Gasteiger partial charge >= 0.3 is 0 Å². The predicted molar refractivity (Wildman–Crippen MR) is 79.4 cm³/mol. The van der Waals surface area contributed by atoms with Crippen LogP contribution in [0.3, 0.4) is 0 Å². The summed E-state index contributed by atoms with van der Waals surface area (Å²) in [5.74, 6) is 0.589. The minimum absolute atomic E-state index is 0.181. The Morgan fingerprint density at radius 2 is 2.10 bits per heavy atom. The van der Waals surface area contributed by atoms with Crippen LogP contribution in [-0.2, 0) is 23.1 Å². The van der Waals surface area contributed by atoms with E-state index in [0.29, 0.717) is 16.8 Å². The lowest BCUT2D eigenvalue weighted by atomic mass is 10.2. The van der Waals surface area contributed by atoms with Crippen LogP contribution in [0.2, 0.25) is 0 Å². The van der Waals surface area contributed by atoms with Crippen molar-refractivity contribution in [2.24, 2.45) is 5.73 Å². The Kier molecular flexibility index (Phi) is 4.64. The molecule has 0 amide bonds. The van der Waals surface area contributed by atoms with Gasteiger partial charge in [-0.05, 0) is 45.8 Å². The Hall–Kier alpha value is -1.15. The first-order valence-electron chi connectivity index (χ1n) is 5.92. The lowest BCUT2D eigenvalue weighted by molar-refractivity contribution is 0.406. The van der Waals surface area contributed by atoms with E-state index in [1.165, 1.54) is 17.6 Å². The molecule has 2 aromatic rings. The molecular formula is C13H15BrN2O3S. The number of nitrogens with zero attached hydrogens (tertiary/aromatic N) is 1. The minimum Gasteiger partial charge on any atom is -0.468 e. The van der Waals surface area contributed by atoms with Crippen molar-refractivity contribution in [2.75, 3.05) is 7.05 Å². The van der Waals surface area contributed by atoms with E-state index in [2.05, 4.69) is 15.9 Å². The van der Waals surface area contributed by atoms with E-state index in [4.69, 9.17) is 10.2 Å². The van der Waals surface area contributed by atoms with Gasteiger partial charge in [-0.25, -0.2) is 8.42 Å². The number of nitrogens with two attached hydrogens (primary N) is 1. The van der Waals surface area contributed by atoms with Gasteiger partial charge in [0, 0.05) is 18.1 Å². The van der Waals surface area contributed by atoms with Crippen LogP contribution in [0.1, 0.15) is 11.3 Å². The van der Waals surface area contributed by atoms with E-state index < -0.39 is 10.0 Å². The molecule has 0 unspecified atom stereocenters. The van der Waals surface area contributed by atoms with Gasteiger partial charge in [0.25, 0.3) is 0 Å². The first-order chi connectivity index (χ1) is 9.45. The van der Waals surface area contributed by atoms with Gasteiger partial charge in [-0.15, -0.1) is 0 Å². The van der Waals surface area contributed by atoms with Crippen LogP contribution in [0.25, 0.3) is 0 Å². The third-order valence-electron chi connectivity index (χ3n) is 2.88. The lowest BCUT2D eigenvalue weighted by Crippen LogP contribution is -2.26. The van der Waals surface area contributed by atoms with Crippen molar-refractivity contribution in [2.45, 2.75) is 18.0 Å². The summed E-state index contributed by atoms with van der Waals surface area (Å²) in [5.41, 5.74) is 6.40. The van der Waals surface area contributed by atoms with Crippen molar-refractivity contribution in [3.8, 4) is 0 Å². The lowest BCUT2D eigenvalue weighted by Gasteiger charge is -2.17. The topological polar surface area (TPSA) is 76.5 Å². The van der Waals surface area contributed by atoms with E-state index in [0.717, 1.165) is 5.56 Å². The number of sulfonamides is 1. The molecule has 0 saturated heterocycles. The van der Waals surface area contributed by atoms with Crippen LogP contribution in [0.4, 0.5) is 0 Å². The average Bonchev–Trinajstić information content (AvgIpc) is 2.91. The SMILES string of the molecule is CN(Cc1ccco1)S(=O)(=O)c1ccc(CN)cc1Br. The summed E-state index contributed by atoms with van der Waals surface area (Å²) in [5, 5.41) is 0. The van der Waals surface area contributed by atoms with E-state index in [1.807, 2.05) is 0 Å². The van der Waals surface area contributed by atoms with Crippen molar-refractivity contribution < 1.29 is 12.8 Å². The Labute approximate surface area is 126 Å². The van der Waals surface area contributed by atoms with Crippen LogP contribution < -0.4 is 5.73 Å². The van der Waals surface area contributed by atoms with Gasteiger partial charge < -0.3 is 10.2 Å². The predicted octanol–water partition coefficient (Wildman–Crippen LogP) is 2.32. The summed E-state index contributed by atoms with van der Waals surface area (Å²) in [6.45, 7) is 0.543. The number of hydrogen-bond donors (Lipinski definition) is 1. The molecule has 0 bridgehead atoms. The normalized spacial score (nSPS) is 12.0. The smallest absolute Gasteiger partial charge is 0.244 e. The molecule has 0 atom stereocenters. The highest BCUT2D eigenvalue weighted by Crippen LogP contribution is 2.26. The fourth-order valence-corrected chi connectivity index (χ4v) is 3.97. The van der Waals surface area contributed by atoms with Crippen molar-refractivity contribution >= 4 is 26.0 Å². The average molecular weight is 359 g/mol.